The maximum absolute atomic E-state index is 10.9. The maximum Gasteiger partial charge on any atom is 0.306 e. The van der Waals surface area contributed by atoms with Gasteiger partial charge in [0.1, 0.15) is 24.4 Å². The highest BCUT2D eigenvalue weighted by atomic mass is 16.9. The summed E-state index contributed by atoms with van der Waals surface area (Å²) in [6, 6.07) is 0. The van der Waals surface area contributed by atoms with E-state index >= 15 is 0 Å². The summed E-state index contributed by atoms with van der Waals surface area (Å²) in [7, 11) is 0. The van der Waals surface area contributed by atoms with Gasteiger partial charge in [0.25, 0.3) is 0 Å². The highest BCUT2D eigenvalue weighted by molar-refractivity contribution is 5.67. The van der Waals surface area contributed by atoms with Crippen molar-refractivity contribution in [1.29, 1.82) is 0 Å². The van der Waals surface area contributed by atoms with Gasteiger partial charge in [-0.25, -0.2) is 0 Å². The molecule has 3 aliphatic rings. The first-order valence-electron chi connectivity index (χ1n) is 7.35. The van der Waals surface area contributed by atoms with Crippen molar-refractivity contribution in [1.82, 2.24) is 0 Å². The van der Waals surface area contributed by atoms with E-state index in [2.05, 4.69) is 0 Å². The first-order valence-corrected chi connectivity index (χ1v) is 7.35. The van der Waals surface area contributed by atoms with Gasteiger partial charge in [-0.15, -0.1) is 0 Å². The Hall–Kier alpha value is -0.770. The molecule has 3 saturated heterocycles. The van der Waals surface area contributed by atoms with Gasteiger partial charge in [-0.1, -0.05) is 0 Å². The standard InChI is InChI=1S/C14H22O8/c1-13(2)19-9-8(6(15)5-7(16)17)18-12-11(10(9)20-13)21-14(3,4)22-12/h6,8-12,15H,5H2,1-4H3,(H,16,17)/t6-,8+,9-,10-,11+,12+/m0/s1. The second-order valence-electron chi connectivity index (χ2n) is 6.80. The van der Waals surface area contributed by atoms with Crippen LogP contribution in [0.5, 0.6) is 0 Å². The van der Waals surface area contributed by atoms with E-state index in [0.29, 0.717) is 0 Å². The van der Waals surface area contributed by atoms with E-state index in [-0.39, 0.29) is 0 Å². The van der Waals surface area contributed by atoms with Crippen LogP contribution in [0.3, 0.4) is 0 Å². The normalized spacial score (nSPS) is 43.4. The van der Waals surface area contributed by atoms with Crippen LogP contribution in [0.15, 0.2) is 0 Å². The number of hydrogen-bond acceptors (Lipinski definition) is 7. The molecule has 8 nitrogen and oxygen atoms in total. The lowest BCUT2D eigenvalue weighted by Crippen LogP contribution is -2.58. The third kappa shape index (κ3) is 2.86. The van der Waals surface area contributed by atoms with Gasteiger partial charge >= 0.3 is 5.97 Å². The Kier molecular flexibility index (Phi) is 3.75. The number of carbonyl (C=O) groups is 1. The lowest BCUT2D eigenvalue weighted by Gasteiger charge is -2.39. The van der Waals surface area contributed by atoms with Crippen LogP contribution in [0.2, 0.25) is 0 Å². The molecule has 22 heavy (non-hydrogen) atoms. The van der Waals surface area contributed by atoms with Crippen LogP contribution in [-0.2, 0) is 28.5 Å². The van der Waals surface area contributed by atoms with Crippen LogP contribution in [0.25, 0.3) is 0 Å². The largest absolute Gasteiger partial charge is 0.481 e. The number of aliphatic carboxylic acids is 1. The Balaban J connectivity index is 1.85. The van der Waals surface area contributed by atoms with Crippen molar-refractivity contribution in [2.24, 2.45) is 0 Å². The van der Waals surface area contributed by atoms with Crippen molar-refractivity contribution in [3.63, 3.8) is 0 Å². The summed E-state index contributed by atoms with van der Waals surface area (Å²) in [4.78, 5) is 10.9. The van der Waals surface area contributed by atoms with E-state index < -0.39 is 60.8 Å². The van der Waals surface area contributed by atoms with Gasteiger partial charge in [-0.3, -0.25) is 4.79 Å². The highest BCUT2D eigenvalue weighted by Gasteiger charge is 2.61. The van der Waals surface area contributed by atoms with Crippen molar-refractivity contribution in [3.05, 3.63) is 0 Å². The molecule has 0 saturated carbocycles. The van der Waals surface area contributed by atoms with Crippen LogP contribution in [-0.4, -0.2) is 64.6 Å². The number of rotatable bonds is 3. The quantitative estimate of drug-likeness (QED) is 0.761. The number of aliphatic hydroxyl groups is 1. The van der Waals surface area contributed by atoms with E-state index in [1.165, 1.54) is 0 Å². The molecule has 6 atom stereocenters. The van der Waals surface area contributed by atoms with Crippen molar-refractivity contribution >= 4 is 5.97 Å². The maximum atomic E-state index is 10.9. The first kappa shape index (κ1) is 16.1. The van der Waals surface area contributed by atoms with Gasteiger partial charge in [0.05, 0.1) is 12.5 Å². The lowest BCUT2D eigenvalue weighted by molar-refractivity contribution is -0.253. The minimum atomic E-state index is -1.23. The summed E-state index contributed by atoms with van der Waals surface area (Å²) in [5.41, 5.74) is 0. The molecular weight excluding hydrogens is 296 g/mol. The molecule has 3 aliphatic heterocycles. The Morgan fingerprint density at radius 1 is 1.00 bits per heavy atom. The SMILES string of the molecule is CC1(C)O[C@@H]2[C@H](O1)[C@H]1OC(C)(C)O[C@H]1O[C@@H]2[C@@H](O)CC(=O)O. The van der Waals surface area contributed by atoms with E-state index in [9.17, 15) is 9.90 Å². The molecule has 2 N–H and O–H groups in total. The van der Waals surface area contributed by atoms with Crippen LogP contribution in [0.1, 0.15) is 34.1 Å². The Morgan fingerprint density at radius 3 is 2.18 bits per heavy atom. The van der Waals surface area contributed by atoms with Crippen molar-refractivity contribution in [3.8, 4) is 0 Å². The number of fused-ring (bicyclic) bond motifs is 3. The lowest BCUT2D eigenvalue weighted by atomic mass is 9.94. The van der Waals surface area contributed by atoms with Crippen LogP contribution in [0, 0.1) is 0 Å². The molecule has 0 aromatic carbocycles. The summed E-state index contributed by atoms with van der Waals surface area (Å²) in [6.45, 7) is 7.02. The second kappa shape index (κ2) is 5.12. The van der Waals surface area contributed by atoms with E-state index in [1.807, 2.05) is 0 Å². The molecule has 0 amide bonds. The summed E-state index contributed by atoms with van der Waals surface area (Å²) in [5, 5.41) is 19.1. The fraction of sp³-hybridized carbons (Fsp3) is 0.929. The predicted molar refractivity (Wildman–Crippen MR) is 70.8 cm³/mol. The van der Waals surface area contributed by atoms with Crippen LogP contribution in [0.4, 0.5) is 0 Å². The minimum Gasteiger partial charge on any atom is -0.481 e. The zero-order valence-corrected chi connectivity index (χ0v) is 13.0. The Bertz CT molecular complexity index is 462. The molecule has 0 radical (unpaired) electrons. The van der Waals surface area contributed by atoms with Crippen LogP contribution >= 0.6 is 0 Å². The molecule has 126 valence electrons. The average Bonchev–Trinajstić information content (AvgIpc) is 2.81. The number of hydrogen-bond donors (Lipinski definition) is 2. The summed E-state index contributed by atoms with van der Waals surface area (Å²) >= 11 is 0. The molecule has 3 rings (SSSR count). The second-order valence-corrected chi connectivity index (χ2v) is 6.80. The molecular formula is C14H22O8. The first-order chi connectivity index (χ1) is 10.1. The van der Waals surface area contributed by atoms with Crippen molar-refractivity contribution in [2.75, 3.05) is 0 Å². The molecule has 0 unspecified atom stereocenters. The van der Waals surface area contributed by atoms with Gasteiger partial charge in [-0.05, 0) is 27.7 Å². The Labute approximate surface area is 128 Å². The van der Waals surface area contributed by atoms with E-state index in [1.54, 1.807) is 27.7 Å². The zero-order valence-electron chi connectivity index (χ0n) is 13.0. The van der Waals surface area contributed by atoms with Crippen molar-refractivity contribution in [2.45, 2.75) is 82.5 Å². The van der Waals surface area contributed by atoms with E-state index in [4.69, 9.17) is 28.8 Å². The van der Waals surface area contributed by atoms with Gasteiger partial charge in [0, 0.05) is 0 Å². The van der Waals surface area contributed by atoms with Crippen LogP contribution < -0.4 is 0 Å². The molecule has 0 aliphatic carbocycles. The van der Waals surface area contributed by atoms with E-state index in [0.717, 1.165) is 0 Å². The smallest absolute Gasteiger partial charge is 0.306 e. The fourth-order valence-electron chi connectivity index (χ4n) is 3.25. The topological polar surface area (TPSA) is 104 Å². The third-order valence-corrected chi connectivity index (χ3v) is 3.95. The monoisotopic (exact) mass is 318 g/mol. The summed E-state index contributed by atoms with van der Waals surface area (Å²) < 4.78 is 28.9. The molecule has 0 bridgehead atoms. The van der Waals surface area contributed by atoms with Crippen molar-refractivity contribution < 1.29 is 38.7 Å². The van der Waals surface area contributed by atoms with Gasteiger partial charge in [0.2, 0.25) is 0 Å². The third-order valence-electron chi connectivity index (χ3n) is 3.95. The molecule has 8 heteroatoms. The number of aliphatic hydroxyl groups excluding tert-OH is 1. The fourth-order valence-corrected chi connectivity index (χ4v) is 3.25. The van der Waals surface area contributed by atoms with Gasteiger partial charge < -0.3 is 33.9 Å². The number of carboxylic acid groups (broad SMARTS) is 1. The molecule has 0 spiro atoms. The number of carboxylic acids is 1. The number of ether oxygens (including phenoxy) is 5. The molecule has 0 aromatic rings. The van der Waals surface area contributed by atoms with Gasteiger partial charge in [-0.2, -0.15) is 0 Å². The predicted octanol–water partition coefficient (Wildman–Crippen LogP) is 0.218. The molecule has 3 fully saturated rings. The highest BCUT2D eigenvalue weighted by Crippen LogP contribution is 2.44. The molecule has 0 aromatic heterocycles. The summed E-state index contributed by atoms with van der Waals surface area (Å²) in [5.74, 6) is -2.83. The zero-order chi connectivity index (χ0) is 16.3. The summed E-state index contributed by atoms with van der Waals surface area (Å²) in [6.07, 6.45) is -4.87. The average molecular weight is 318 g/mol. The molecule has 3 heterocycles. The van der Waals surface area contributed by atoms with Gasteiger partial charge in [0.15, 0.2) is 17.9 Å². The Morgan fingerprint density at radius 2 is 1.55 bits per heavy atom. The minimum absolute atomic E-state index is 0.445.